The number of nitrogens with zero attached hydrogens (tertiary/aromatic N) is 1. The van der Waals surface area contributed by atoms with Gasteiger partial charge in [0, 0.05) is 19.8 Å². The van der Waals surface area contributed by atoms with Crippen molar-refractivity contribution >= 4 is 11.6 Å². The average molecular weight is 240 g/mol. The summed E-state index contributed by atoms with van der Waals surface area (Å²) in [6.07, 6.45) is 1.91. The largest absolute Gasteiger partial charge is 0.494 e. The number of benzene rings is 1. The van der Waals surface area contributed by atoms with Gasteiger partial charge in [-0.1, -0.05) is 11.6 Å². The number of methoxy groups -OCH3 is 1. The lowest BCUT2D eigenvalue weighted by molar-refractivity contribution is 0.184. The number of hydrogen-bond donors (Lipinski definition) is 0. The molecule has 0 aliphatic heterocycles. The van der Waals surface area contributed by atoms with Gasteiger partial charge in [0.25, 0.3) is 0 Å². The van der Waals surface area contributed by atoms with Crippen molar-refractivity contribution in [3.05, 3.63) is 28.8 Å². The Morgan fingerprint density at radius 3 is 2.69 bits per heavy atom. The third-order valence-corrected chi connectivity index (χ3v) is 2.39. The van der Waals surface area contributed by atoms with E-state index < -0.39 is 0 Å². The van der Waals surface area contributed by atoms with Crippen LogP contribution in [0.1, 0.15) is 18.4 Å². The zero-order valence-electron chi connectivity index (χ0n) is 9.20. The van der Waals surface area contributed by atoms with E-state index in [4.69, 9.17) is 26.3 Å². The van der Waals surface area contributed by atoms with E-state index in [0.717, 1.165) is 19.4 Å². The van der Waals surface area contributed by atoms with Crippen LogP contribution in [0.5, 0.6) is 5.75 Å². The van der Waals surface area contributed by atoms with Crippen LogP contribution in [0.15, 0.2) is 18.2 Å². The van der Waals surface area contributed by atoms with Crippen molar-refractivity contribution in [2.24, 2.45) is 0 Å². The van der Waals surface area contributed by atoms with E-state index in [2.05, 4.69) is 0 Å². The second kappa shape index (κ2) is 7.10. The topological polar surface area (TPSA) is 42.2 Å². The van der Waals surface area contributed by atoms with Crippen LogP contribution in [0.2, 0.25) is 5.02 Å². The van der Waals surface area contributed by atoms with Crippen LogP contribution in [-0.4, -0.2) is 20.3 Å². The Balaban J connectivity index is 2.38. The van der Waals surface area contributed by atoms with Gasteiger partial charge >= 0.3 is 0 Å². The number of rotatable bonds is 6. The summed E-state index contributed by atoms with van der Waals surface area (Å²) < 4.78 is 10.4. The van der Waals surface area contributed by atoms with Crippen molar-refractivity contribution in [2.75, 3.05) is 20.3 Å². The molecule has 0 atom stereocenters. The summed E-state index contributed by atoms with van der Waals surface area (Å²) in [7, 11) is 1.68. The van der Waals surface area contributed by atoms with Crippen LogP contribution in [0.25, 0.3) is 0 Å². The van der Waals surface area contributed by atoms with Gasteiger partial charge in [0.05, 0.1) is 17.2 Å². The maximum atomic E-state index is 8.69. The summed E-state index contributed by atoms with van der Waals surface area (Å²) in [5, 5.41) is 9.12. The Morgan fingerprint density at radius 2 is 2.06 bits per heavy atom. The molecule has 86 valence electrons. The van der Waals surface area contributed by atoms with Crippen LogP contribution in [-0.2, 0) is 4.74 Å². The van der Waals surface area contributed by atoms with Gasteiger partial charge in [-0.3, -0.25) is 0 Å². The molecule has 3 nitrogen and oxygen atoms in total. The van der Waals surface area contributed by atoms with E-state index in [1.807, 2.05) is 6.07 Å². The lowest BCUT2D eigenvalue weighted by Crippen LogP contribution is -1.99. The first-order chi connectivity index (χ1) is 7.77. The minimum atomic E-state index is 0.428. The molecule has 0 saturated heterocycles. The summed E-state index contributed by atoms with van der Waals surface area (Å²) in [5.74, 6) is 0.696. The molecule has 0 amide bonds. The summed E-state index contributed by atoms with van der Waals surface area (Å²) in [4.78, 5) is 0. The molecule has 1 rings (SSSR count). The fourth-order valence-corrected chi connectivity index (χ4v) is 1.43. The summed E-state index contributed by atoms with van der Waals surface area (Å²) in [5.41, 5.74) is 0.466. The third kappa shape index (κ3) is 4.09. The van der Waals surface area contributed by atoms with E-state index in [-0.39, 0.29) is 0 Å². The molecular weight excluding hydrogens is 226 g/mol. The van der Waals surface area contributed by atoms with Crippen molar-refractivity contribution in [1.82, 2.24) is 0 Å². The van der Waals surface area contributed by atoms with Crippen molar-refractivity contribution in [3.63, 3.8) is 0 Å². The van der Waals surface area contributed by atoms with Crippen molar-refractivity contribution < 1.29 is 9.47 Å². The van der Waals surface area contributed by atoms with Crippen LogP contribution >= 0.6 is 11.6 Å². The van der Waals surface area contributed by atoms with E-state index in [9.17, 15) is 0 Å². The number of ether oxygens (including phenoxy) is 2. The molecule has 16 heavy (non-hydrogen) atoms. The Morgan fingerprint density at radius 1 is 1.31 bits per heavy atom. The smallest absolute Gasteiger partial charge is 0.120 e. The SMILES string of the molecule is COCCCCOc1ccc(C#N)c(Cl)c1. The normalized spacial score (nSPS) is 9.81. The van der Waals surface area contributed by atoms with Crippen LogP contribution in [0.4, 0.5) is 0 Å². The van der Waals surface area contributed by atoms with Crippen LogP contribution in [0.3, 0.4) is 0 Å². The molecule has 0 aliphatic rings. The van der Waals surface area contributed by atoms with Gasteiger partial charge < -0.3 is 9.47 Å². The second-order valence-corrected chi connectivity index (χ2v) is 3.71. The predicted molar refractivity (Wildman–Crippen MR) is 62.8 cm³/mol. The highest BCUT2D eigenvalue weighted by molar-refractivity contribution is 6.31. The minimum Gasteiger partial charge on any atom is -0.494 e. The van der Waals surface area contributed by atoms with Gasteiger partial charge in [0.2, 0.25) is 0 Å². The van der Waals surface area contributed by atoms with Crippen LogP contribution in [0, 0.1) is 11.3 Å². The highest BCUT2D eigenvalue weighted by Gasteiger charge is 2.01. The third-order valence-electron chi connectivity index (χ3n) is 2.07. The lowest BCUT2D eigenvalue weighted by Gasteiger charge is -2.06. The molecule has 0 aliphatic carbocycles. The Kier molecular flexibility index (Phi) is 5.69. The molecule has 0 fully saturated rings. The van der Waals surface area contributed by atoms with Crippen molar-refractivity contribution in [2.45, 2.75) is 12.8 Å². The first-order valence-electron chi connectivity index (χ1n) is 5.09. The van der Waals surface area contributed by atoms with E-state index in [1.54, 1.807) is 25.3 Å². The summed E-state index contributed by atoms with van der Waals surface area (Å²) >= 11 is 5.87. The fraction of sp³-hybridized carbons (Fsp3) is 0.417. The predicted octanol–water partition coefficient (Wildman–Crippen LogP) is 3.02. The molecule has 1 aromatic carbocycles. The Hall–Kier alpha value is -1.24. The highest BCUT2D eigenvalue weighted by atomic mass is 35.5. The monoisotopic (exact) mass is 239 g/mol. The number of nitriles is 1. The quantitative estimate of drug-likeness (QED) is 0.717. The first kappa shape index (κ1) is 12.8. The van der Waals surface area contributed by atoms with Gasteiger partial charge in [0.15, 0.2) is 0 Å². The molecule has 0 spiro atoms. The van der Waals surface area contributed by atoms with E-state index in [1.165, 1.54) is 0 Å². The number of halogens is 1. The maximum Gasteiger partial charge on any atom is 0.120 e. The molecular formula is C12H14ClNO2. The minimum absolute atomic E-state index is 0.428. The molecule has 0 aromatic heterocycles. The molecule has 0 radical (unpaired) electrons. The molecule has 4 heteroatoms. The molecule has 0 unspecified atom stereocenters. The summed E-state index contributed by atoms with van der Waals surface area (Å²) in [6, 6.07) is 7.08. The Bertz CT molecular complexity index is 374. The fourth-order valence-electron chi connectivity index (χ4n) is 1.21. The molecule has 0 N–H and O–H groups in total. The lowest BCUT2D eigenvalue weighted by atomic mass is 10.2. The van der Waals surface area contributed by atoms with Gasteiger partial charge in [-0.05, 0) is 25.0 Å². The zero-order chi connectivity index (χ0) is 11.8. The number of hydrogen-bond acceptors (Lipinski definition) is 3. The molecule has 1 aromatic rings. The van der Waals surface area contributed by atoms with E-state index >= 15 is 0 Å². The van der Waals surface area contributed by atoms with Gasteiger partial charge in [-0.25, -0.2) is 0 Å². The molecule has 0 saturated carbocycles. The second-order valence-electron chi connectivity index (χ2n) is 3.30. The highest BCUT2D eigenvalue weighted by Crippen LogP contribution is 2.21. The van der Waals surface area contributed by atoms with Gasteiger partial charge in [-0.15, -0.1) is 0 Å². The number of unbranched alkanes of at least 4 members (excludes halogenated alkanes) is 1. The standard InChI is InChI=1S/C12H14ClNO2/c1-15-6-2-3-7-16-11-5-4-10(9-14)12(13)8-11/h4-5,8H,2-3,6-7H2,1H3. The van der Waals surface area contributed by atoms with Gasteiger partial charge in [-0.2, -0.15) is 5.26 Å². The zero-order valence-corrected chi connectivity index (χ0v) is 9.96. The Labute approximate surface area is 101 Å². The average Bonchev–Trinajstić information content (AvgIpc) is 2.29. The summed E-state index contributed by atoms with van der Waals surface area (Å²) in [6.45, 7) is 1.38. The van der Waals surface area contributed by atoms with Crippen LogP contribution < -0.4 is 4.74 Å². The van der Waals surface area contributed by atoms with Gasteiger partial charge in [0.1, 0.15) is 11.8 Å². The van der Waals surface area contributed by atoms with Crippen molar-refractivity contribution in [1.29, 1.82) is 5.26 Å². The first-order valence-corrected chi connectivity index (χ1v) is 5.47. The van der Waals surface area contributed by atoms with E-state index in [0.29, 0.717) is 22.9 Å². The van der Waals surface area contributed by atoms with Crippen molar-refractivity contribution in [3.8, 4) is 11.8 Å². The maximum absolute atomic E-state index is 8.69. The molecule has 0 bridgehead atoms. The molecule has 0 heterocycles.